The van der Waals surface area contributed by atoms with E-state index in [0.717, 1.165) is 31.7 Å². The smallest absolute Gasteiger partial charge is 0.351 e. The first-order chi connectivity index (χ1) is 42.6. The first-order valence-electron chi connectivity index (χ1n) is 30.6. The number of halogens is 4. The molecular formula is C65H89ClF3N11O11. The van der Waals surface area contributed by atoms with Crippen molar-refractivity contribution in [1.29, 1.82) is 0 Å². The highest BCUT2D eigenvalue weighted by Gasteiger charge is 2.45. The molecule has 3 N–H and O–H groups in total. The average Bonchev–Trinajstić information content (AvgIpc) is 0.811. The standard InChI is InChI=1S/C65H89ClF3N11O11/c1-14-40(4)57-64(91)75(9)37-55(83)73(7)38-56(84)77(11)51(35-45-22-27-47(66)28-23-45)61(88)74(8)36-53(81)71-48(29-24-43-20-25-46(26-21-43)65(67,68)69)60(87)80-31-30-49(80)62(89)79(13)52(34-44-18-16-15-17-19-44)63(90)78(12)50(32-39(2)3)59(86)70-41(5)33-54(82)76(10)42(6)58(85)72-57/h15-23,25-28,39-42,48-52,57H,14,24,29-38H2,1-13H3,(H,70,86)(H,71,81)(H,72,85)/t40-,41?,42-,48-,49-,50-,51-,52-,57-/m0/s1. The molecule has 0 bridgehead atoms. The van der Waals surface area contributed by atoms with Crippen LogP contribution in [0.3, 0.4) is 0 Å². The minimum absolute atomic E-state index is 0.0197. The highest BCUT2D eigenvalue weighted by atomic mass is 35.5. The second-order valence-corrected chi connectivity index (χ2v) is 25.0. The summed E-state index contributed by atoms with van der Waals surface area (Å²) in [6, 6.07) is 10.2. The van der Waals surface area contributed by atoms with Crippen molar-refractivity contribution in [3.05, 3.63) is 106 Å². The summed E-state index contributed by atoms with van der Waals surface area (Å²) >= 11 is 6.20. The Morgan fingerprint density at radius 2 is 1.11 bits per heavy atom. The number of hydrogen-bond donors (Lipinski definition) is 3. The van der Waals surface area contributed by atoms with Crippen LogP contribution in [-0.4, -0.2) is 228 Å². The quantitative estimate of drug-likeness (QED) is 0.247. The van der Waals surface area contributed by atoms with Crippen LogP contribution in [0.4, 0.5) is 13.2 Å². The van der Waals surface area contributed by atoms with Crippen molar-refractivity contribution in [3.8, 4) is 0 Å². The predicted octanol–water partition coefficient (Wildman–Crippen LogP) is 4.05. The average molecular weight is 1290 g/mol. The van der Waals surface area contributed by atoms with Crippen LogP contribution in [0.5, 0.6) is 0 Å². The normalized spacial score (nSPS) is 24.3. The van der Waals surface area contributed by atoms with E-state index in [9.17, 15) is 61.1 Å². The highest BCUT2D eigenvalue weighted by Crippen LogP contribution is 2.30. The molecule has 0 aromatic heterocycles. The van der Waals surface area contributed by atoms with Gasteiger partial charge < -0.3 is 55.1 Å². The lowest BCUT2D eigenvalue weighted by Crippen LogP contribution is -2.65. The molecule has 9 atom stereocenters. The number of nitrogens with one attached hydrogen (secondary N) is 3. The summed E-state index contributed by atoms with van der Waals surface area (Å²) in [6.07, 6.45) is -4.51. The lowest BCUT2D eigenvalue weighted by Gasteiger charge is -2.44. The van der Waals surface area contributed by atoms with Gasteiger partial charge in [-0.05, 0) is 92.3 Å². The molecule has 22 nitrogen and oxygen atoms in total. The number of aryl methyl sites for hydroxylation is 1. The minimum Gasteiger partial charge on any atom is -0.351 e. The molecule has 0 radical (unpaired) electrons. The molecule has 498 valence electrons. The second-order valence-electron chi connectivity index (χ2n) is 24.6. The molecule has 11 amide bonds. The molecule has 0 saturated carbocycles. The van der Waals surface area contributed by atoms with Crippen LogP contribution in [0.1, 0.15) is 95.9 Å². The first-order valence-corrected chi connectivity index (χ1v) is 31.0. The van der Waals surface area contributed by atoms with E-state index in [1.807, 2.05) is 20.8 Å². The Bertz CT molecular complexity index is 3090. The van der Waals surface area contributed by atoms with E-state index in [-0.39, 0.29) is 57.4 Å². The van der Waals surface area contributed by atoms with Gasteiger partial charge in [-0.25, -0.2) is 0 Å². The predicted molar refractivity (Wildman–Crippen MR) is 335 cm³/mol. The van der Waals surface area contributed by atoms with E-state index in [0.29, 0.717) is 28.1 Å². The van der Waals surface area contributed by atoms with Crippen LogP contribution in [0.25, 0.3) is 0 Å². The van der Waals surface area contributed by atoms with Crippen LogP contribution in [0, 0.1) is 11.8 Å². The molecule has 2 aliphatic rings. The number of hydrogen-bond acceptors (Lipinski definition) is 11. The number of carbonyl (C=O) groups is 11. The van der Waals surface area contributed by atoms with Gasteiger partial charge in [-0.1, -0.05) is 100 Å². The van der Waals surface area contributed by atoms with Crippen LogP contribution in [0.15, 0.2) is 78.9 Å². The van der Waals surface area contributed by atoms with E-state index in [1.165, 1.54) is 88.0 Å². The minimum atomic E-state index is -4.63. The Labute approximate surface area is 536 Å². The number of nitrogens with zero attached hydrogens (tertiary/aromatic N) is 8. The van der Waals surface area contributed by atoms with Crippen molar-refractivity contribution in [2.45, 2.75) is 147 Å². The number of rotatable bonds is 11. The van der Waals surface area contributed by atoms with Gasteiger partial charge in [0, 0.05) is 86.2 Å². The summed E-state index contributed by atoms with van der Waals surface area (Å²) in [5, 5.41) is 8.73. The van der Waals surface area contributed by atoms with Crippen molar-refractivity contribution in [1.82, 2.24) is 55.1 Å². The van der Waals surface area contributed by atoms with Crippen molar-refractivity contribution in [3.63, 3.8) is 0 Å². The fraction of sp³-hybridized carbons (Fsp3) is 0.554. The SMILES string of the molecule is CC[C@H](C)[C@@H]1NC(=O)[C@H](C)N(C)C(=O)CC(C)NC(=O)[C@H](CC(C)C)N(C)C(=O)[C@H](Cc2ccccc2)N(C)C(=O)[C@@H]2CCN2C(=O)[C@H](CCc2ccc(C(F)(F)F)cc2)NC(=O)CN(C)C(=O)[C@H](Cc2ccc(Cl)cc2)N(C)C(=O)CN(C)C(=O)CN(C)C1=O. The van der Waals surface area contributed by atoms with Crippen molar-refractivity contribution < 1.29 is 65.9 Å². The number of fused-ring (bicyclic) bond motifs is 1. The van der Waals surface area contributed by atoms with Gasteiger partial charge in [-0.3, -0.25) is 52.7 Å². The maximum absolute atomic E-state index is 15.1. The molecule has 2 fully saturated rings. The van der Waals surface area contributed by atoms with Crippen molar-refractivity contribution >= 4 is 76.6 Å². The summed E-state index contributed by atoms with van der Waals surface area (Å²) in [5.41, 5.74) is 0.716. The number of benzene rings is 3. The van der Waals surface area contributed by atoms with Crippen LogP contribution < -0.4 is 16.0 Å². The van der Waals surface area contributed by atoms with E-state index < -0.39 is 151 Å². The Morgan fingerprint density at radius 1 is 0.560 bits per heavy atom. The van der Waals surface area contributed by atoms with Gasteiger partial charge in [0.05, 0.1) is 25.2 Å². The molecule has 5 rings (SSSR count). The van der Waals surface area contributed by atoms with Gasteiger partial charge in [-0.15, -0.1) is 0 Å². The van der Waals surface area contributed by atoms with Crippen molar-refractivity contribution in [2.75, 3.05) is 75.5 Å². The Morgan fingerprint density at radius 3 is 1.67 bits per heavy atom. The van der Waals surface area contributed by atoms with E-state index >= 15 is 4.79 Å². The van der Waals surface area contributed by atoms with E-state index in [2.05, 4.69) is 16.0 Å². The van der Waals surface area contributed by atoms with Crippen molar-refractivity contribution in [2.24, 2.45) is 11.8 Å². The number of amides is 11. The van der Waals surface area contributed by atoms with Crippen LogP contribution in [0.2, 0.25) is 5.02 Å². The summed E-state index contributed by atoms with van der Waals surface area (Å²) < 4.78 is 40.8. The lowest BCUT2D eigenvalue weighted by molar-refractivity contribution is -0.158. The zero-order valence-electron chi connectivity index (χ0n) is 54.3. The van der Waals surface area contributed by atoms with Gasteiger partial charge in [0.15, 0.2) is 0 Å². The third-order valence-corrected chi connectivity index (χ3v) is 17.5. The summed E-state index contributed by atoms with van der Waals surface area (Å²) in [4.78, 5) is 168. The maximum Gasteiger partial charge on any atom is 0.416 e. The summed E-state index contributed by atoms with van der Waals surface area (Å²) in [6.45, 7) is 8.59. The summed E-state index contributed by atoms with van der Waals surface area (Å²) in [7, 11) is 9.62. The first kappa shape index (κ1) is 73.6. The molecule has 0 aliphatic carbocycles. The molecule has 2 heterocycles. The lowest BCUT2D eigenvalue weighted by atomic mass is 9.95. The molecular weight excluding hydrogens is 1200 g/mol. The third kappa shape index (κ3) is 20.0. The van der Waals surface area contributed by atoms with Crippen LogP contribution in [-0.2, 0) is 78.2 Å². The van der Waals surface area contributed by atoms with Gasteiger partial charge >= 0.3 is 6.18 Å². The van der Waals surface area contributed by atoms with Gasteiger partial charge in [0.1, 0.15) is 42.3 Å². The molecule has 1 unspecified atom stereocenters. The largest absolute Gasteiger partial charge is 0.416 e. The molecule has 0 spiro atoms. The molecule has 3 aromatic carbocycles. The molecule has 91 heavy (non-hydrogen) atoms. The number of likely N-dealkylation sites (N-methyl/N-ethyl adjacent to an activating group) is 7. The molecule has 26 heteroatoms. The zero-order chi connectivity index (χ0) is 67.9. The Kier molecular flexibility index (Phi) is 26.5. The number of carbonyl (C=O) groups excluding carboxylic acids is 11. The molecule has 2 aliphatic heterocycles. The van der Waals surface area contributed by atoms with Gasteiger partial charge in [0.25, 0.3) is 0 Å². The second kappa shape index (κ2) is 32.8. The maximum atomic E-state index is 15.1. The Balaban J connectivity index is 1.56. The van der Waals surface area contributed by atoms with E-state index in [4.69, 9.17) is 11.6 Å². The summed E-state index contributed by atoms with van der Waals surface area (Å²) in [5.74, 6) is -8.02. The topological polar surface area (TPSA) is 250 Å². The third-order valence-electron chi connectivity index (χ3n) is 17.2. The fourth-order valence-corrected chi connectivity index (χ4v) is 10.9. The molecule has 3 aromatic rings. The molecule has 2 saturated heterocycles. The van der Waals surface area contributed by atoms with Gasteiger partial charge in [-0.2, -0.15) is 13.2 Å². The Hall–Kier alpha value is -8.09. The fourth-order valence-electron chi connectivity index (χ4n) is 10.8. The zero-order valence-corrected chi connectivity index (χ0v) is 55.1. The number of alkyl halides is 3. The van der Waals surface area contributed by atoms with Crippen LogP contribution >= 0.6 is 11.6 Å². The monoisotopic (exact) mass is 1290 g/mol. The van der Waals surface area contributed by atoms with Gasteiger partial charge in [0.2, 0.25) is 65.0 Å². The highest BCUT2D eigenvalue weighted by molar-refractivity contribution is 6.30. The van der Waals surface area contributed by atoms with E-state index in [1.54, 1.807) is 68.4 Å².